The van der Waals surface area contributed by atoms with E-state index in [1.54, 1.807) is 15.9 Å². The highest BCUT2D eigenvalue weighted by molar-refractivity contribution is 7.08. The molecule has 0 saturated heterocycles. The van der Waals surface area contributed by atoms with Gasteiger partial charge in [0.05, 0.1) is 18.7 Å². The summed E-state index contributed by atoms with van der Waals surface area (Å²) in [7, 11) is 0. The molecule has 7 heteroatoms. The lowest BCUT2D eigenvalue weighted by Crippen LogP contribution is -2.25. The largest absolute Gasteiger partial charge is 0.348 e. The Hall–Kier alpha value is -3.06. The number of carbonyl (C=O) groups is 1. The van der Waals surface area contributed by atoms with E-state index < -0.39 is 0 Å². The molecular weight excluding hydrogens is 334 g/mol. The Balaban J connectivity index is 1.49. The number of aromatic nitrogens is 4. The number of thiophene rings is 1. The molecule has 4 aromatic rings. The third kappa shape index (κ3) is 3.41. The number of fused-ring (bicyclic) bond motifs is 1. The van der Waals surface area contributed by atoms with E-state index in [1.807, 2.05) is 59.3 Å². The summed E-state index contributed by atoms with van der Waals surface area (Å²) in [5, 5.41) is 19.8. The molecule has 4 rings (SSSR count). The van der Waals surface area contributed by atoms with E-state index in [4.69, 9.17) is 0 Å². The Bertz CT molecular complexity index is 995. The molecule has 124 valence electrons. The van der Waals surface area contributed by atoms with Gasteiger partial charge in [-0.25, -0.2) is 0 Å². The fourth-order valence-electron chi connectivity index (χ4n) is 2.53. The lowest BCUT2D eigenvalue weighted by Gasteiger charge is -2.05. The van der Waals surface area contributed by atoms with Crippen LogP contribution in [0.1, 0.15) is 11.4 Å². The monoisotopic (exact) mass is 349 g/mol. The maximum absolute atomic E-state index is 12.1. The molecule has 1 aromatic carbocycles. The number of amides is 1. The summed E-state index contributed by atoms with van der Waals surface area (Å²) in [6, 6.07) is 15.5. The SMILES string of the molecule is O=C(Cc1ccccc1)NCc1nnc2ccc(-c3ccsc3)nn12. The van der Waals surface area contributed by atoms with Crippen molar-refractivity contribution in [2.75, 3.05) is 0 Å². The van der Waals surface area contributed by atoms with Crippen molar-refractivity contribution in [2.45, 2.75) is 13.0 Å². The lowest BCUT2D eigenvalue weighted by molar-refractivity contribution is -0.120. The first-order valence-electron chi connectivity index (χ1n) is 7.84. The van der Waals surface area contributed by atoms with Gasteiger partial charge >= 0.3 is 0 Å². The van der Waals surface area contributed by atoms with Crippen LogP contribution < -0.4 is 5.32 Å². The maximum atomic E-state index is 12.1. The fourth-order valence-corrected chi connectivity index (χ4v) is 3.18. The van der Waals surface area contributed by atoms with Gasteiger partial charge in [0, 0.05) is 10.9 Å². The van der Waals surface area contributed by atoms with Crippen molar-refractivity contribution in [3.63, 3.8) is 0 Å². The van der Waals surface area contributed by atoms with Crippen LogP contribution in [0.15, 0.2) is 59.3 Å². The van der Waals surface area contributed by atoms with Crippen LogP contribution in [0.3, 0.4) is 0 Å². The predicted molar refractivity (Wildman–Crippen MR) is 96.1 cm³/mol. The molecule has 0 saturated carbocycles. The third-order valence-electron chi connectivity index (χ3n) is 3.80. The number of carbonyl (C=O) groups excluding carboxylic acids is 1. The van der Waals surface area contributed by atoms with E-state index in [-0.39, 0.29) is 12.5 Å². The third-order valence-corrected chi connectivity index (χ3v) is 4.48. The van der Waals surface area contributed by atoms with Gasteiger partial charge in [-0.2, -0.15) is 21.0 Å². The van der Waals surface area contributed by atoms with Crippen molar-refractivity contribution >= 4 is 22.9 Å². The first-order valence-corrected chi connectivity index (χ1v) is 8.78. The van der Waals surface area contributed by atoms with Crippen LogP contribution in [-0.4, -0.2) is 25.7 Å². The minimum Gasteiger partial charge on any atom is -0.348 e. The Morgan fingerprint density at radius 2 is 1.96 bits per heavy atom. The molecule has 0 atom stereocenters. The van der Waals surface area contributed by atoms with Gasteiger partial charge in [0.25, 0.3) is 0 Å². The molecule has 3 aromatic heterocycles. The van der Waals surface area contributed by atoms with Gasteiger partial charge in [0.15, 0.2) is 11.5 Å². The van der Waals surface area contributed by atoms with Gasteiger partial charge in [-0.15, -0.1) is 10.2 Å². The molecule has 1 N–H and O–H groups in total. The van der Waals surface area contributed by atoms with Gasteiger partial charge in [-0.3, -0.25) is 4.79 Å². The van der Waals surface area contributed by atoms with Gasteiger partial charge in [0.2, 0.25) is 5.91 Å². The zero-order valence-corrected chi connectivity index (χ0v) is 14.1. The van der Waals surface area contributed by atoms with Crippen molar-refractivity contribution in [1.82, 2.24) is 25.1 Å². The quantitative estimate of drug-likeness (QED) is 0.601. The van der Waals surface area contributed by atoms with Crippen molar-refractivity contribution < 1.29 is 4.79 Å². The highest BCUT2D eigenvalue weighted by atomic mass is 32.1. The van der Waals surface area contributed by atoms with Crippen LogP contribution in [0.25, 0.3) is 16.9 Å². The Morgan fingerprint density at radius 1 is 1.08 bits per heavy atom. The second kappa shape index (κ2) is 6.82. The Morgan fingerprint density at radius 3 is 2.76 bits per heavy atom. The molecule has 1 amide bonds. The summed E-state index contributed by atoms with van der Waals surface area (Å²) in [4.78, 5) is 12.1. The standard InChI is InChI=1S/C18H15N5OS/c24-18(10-13-4-2-1-3-5-13)19-11-17-21-20-16-7-6-15(22-23(16)17)14-8-9-25-12-14/h1-9,12H,10-11H2,(H,19,24). The number of nitrogens with one attached hydrogen (secondary N) is 1. The van der Waals surface area contributed by atoms with E-state index in [9.17, 15) is 4.79 Å². The number of benzene rings is 1. The van der Waals surface area contributed by atoms with Crippen LogP contribution in [0.5, 0.6) is 0 Å². The smallest absolute Gasteiger partial charge is 0.224 e. The van der Waals surface area contributed by atoms with E-state index in [0.717, 1.165) is 16.8 Å². The zero-order chi connectivity index (χ0) is 17.1. The average molecular weight is 349 g/mol. The molecule has 0 bridgehead atoms. The first-order chi connectivity index (χ1) is 12.3. The summed E-state index contributed by atoms with van der Waals surface area (Å²) in [6.07, 6.45) is 0.338. The lowest BCUT2D eigenvalue weighted by atomic mass is 10.1. The summed E-state index contributed by atoms with van der Waals surface area (Å²) >= 11 is 1.62. The van der Waals surface area contributed by atoms with Gasteiger partial charge in [-0.05, 0) is 29.1 Å². The molecule has 0 fully saturated rings. The molecule has 0 unspecified atom stereocenters. The highest BCUT2D eigenvalue weighted by Crippen LogP contribution is 2.20. The number of hydrogen-bond acceptors (Lipinski definition) is 5. The summed E-state index contributed by atoms with van der Waals surface area (Å²) in [5.74, 6) is 0.547. The highest BCUT2D eigenvalue weighted by Gasteiger charge is 2.10. The van der Waals surface area contributed by atoms with Gasteiger partial charge < -0.3 is 5.32 Å². The van der Waals surface area contributed by atoms with Gasteiger partial charge in [0.1, 0.15) is 0 Å². The van der Waals surface area contributed by atoms with E-state index in [0.29, 0.717) is 17.9 Å². The number of hydrogen-bond donors (Lipinski definition) is 1. The second-order valence-electron chi connectivity index (χ2n) is 5.56. The van der Waals surface area contributed by atoms with Crippen LogP contribution >= 0.6 is 11.3 Å². The molecular formula is C18H15N5OS. The molecule has 6 nitrogen and oxygen atoms in total. The molecule has 0 radical (unpaired) electrons. The van der Waals surface area contributed by atoms with Crippen molar-refractivity contribution in [2.24, 2.45) is 0 Å². The first kappa shape index (κ1) is 15.5. The van der Waals surface area contributed by atoms with Crippen LogP contribution in [0.4, 0.5) is 0 Å². The molecule has 0 spiro atoms. The Labute approximate surface area is 148 Å². The van der Waals surface area contributed by atoms with E-state index in [1.165, 1.54) is 0 Å². The minimum atomic E-state index is -0.0584. The average Bonchev–Trinajstić information content (AvgIpc) is 3.30. The second-order valence-corrected chi connectivity index (χ2v) is 6.34. The zero-order valence-electron chi connectivity index (χ0n) is 13.3. The molecule has 25 heavy (non-hydrogen) atoms. The summed E-state index contributed by atoms with van der Waals surface area (Å²) < 4.78 is 1.68. The molecule has 0 aliphatic carbocycles. The topological polar surface area (TPSA) is 72.2 Å². The summed E-state index contributed by atoms with van der Waals surface area (Å²) in [5.41, 5.74) is 3.54. The van der Waals surface area contributed by atoms with Crippen LogP contribution in [-0.2, 0) is 17.8 Å². The minimum absolute atomic E-state index is 0.0584. The van der Waals surface area contributed by atoms with Crippen molar-refractivity contribution in [3.05, 3.63) is 70.7 Å². The maximum Gasteiger partial charge on any atom is 0.224 e. The van der Waals surface area contributed by atoms with Crippen molar-refractivity contribution in [1.29, 1.82) is 0 Å². The van der Waals surface area contributed by atoms with E-state index >= 15 is 0 Å². The molecule has 0 aliphatic heterocycles. The van der Waals surface area contributed by atoms with E-state index in [2.05, 4.69) is 20.6 Å². The molecule has 3 heterocycles. The normalized spacial score (nSPS) is 10.9. The number of nitrogens with zero attached hydrogens (tertiary/aromatic N) is 4. The van der Waals surface area contributed by atoms with Gasteiger partial charge in [-0.1, -0.05) is 30.3 Å². The summed E-state index contributed by atoms with van der Waals surface area (Å²) in [6.45, 7) is 0.285. The predicted octanol–water partition coefficient (Wildman–Crippen LogP) is 2.71. The van der Waals surface area contributed by atoms with Crippen molar-refractivity contribution in [3.8, 4) is 11.3 Å². The van der Waals surface area contributed by atoms with Crippen LogP contribution in [0, 0.1) is 0 Å². The number of rotatable bonds is 5. The molecule has 0 aliphatic rings. The fraction of sp³-hybridized carbons (Fsp3) is 0.111. The Kier molecular flexibility index (Phi) is 4.22. The van der Waals surface area contributed by atoms with Crippen LogP contribution in [0.2, 0.25) is 0 Å².